The number of hydrogen-bond acceptors (Lipinski definition) is 1. The molecule has 0 fully saturated rings. The molecule has 1 heterocycles. The van der Waals surface area contributed by atoms with Gasteiger partial charge in [0.15, 0.2) is 0 Å². The molecule has 36 valence electrons. The Morgan fingerprint density at radius 2 is 2.33 bits per heavy atom. The van der Waals surface area contributed by atoms with Gasteiger partial charge in [-0.05, 0) is 19.1 Å². The highest BCUT2D eigenvalue weighted by atomic mass is 16.0. The molecule has 1 aliphatic rings. The largest absolute Gasteiger partial charge is 0.412 e. The Bertz CT molecular complexity index is 45.5. The number of aliphatic imine (C=N–C) groups is 1. The second-order valence-corrected chi connectivity index (χ2v) is 1.23. The summed E-state index contributed by atoms with van der Waals surface area (Å²) in [6.07, 6.45) is 4.47. The maximum Gasteiger partial charge on any atom is 0.0388 e. The van der Waals surface area contributed by atoms with Gasteiger partial charge in [0.25, 0.3) is 0 Å². The fourth-order valence-electron chi connectivity index (χ4n) is 0.456. The summed E-state index contributed by atoms with van der Waals surface area (Å²) in [4.78, 5) is 3.96. The van der Waals surface area contributed by atoms with E-state index in [1.807, 2.05) is 6.21 Å². The average molecular weight is 87.1 g/mol. The zero-order valence-corrected chi connectivity index (χ0v) is 3.65. The smallest absolute Gasteiger partial charge is 0.0388 e. The van der Waals surface area contributed by atoms with E-state index in [0.717, 1.165) is 6.54 Å². The van der Waals surface area contributed by atoms with Crippen molar-refractivity contribution in [2.24, 2.45) is 4.99 Å². The molecule has 0 saturated carbocycles. The second kappa shape index (κ2) is 2.85. The highest BCUT2D eigenvalue weighted by Gasteiger charge is 1.85. The first-order chi connectivity index (χ1) is 2.50. The van der Waals surface area contributed by atoms with Crippen LogP contribution in [-0.4, -0.2) is 18.2 Å². The minimum atomic E-state index is 0. The summed E-state index contributed by atoms with van der Waals surface area (Å²) >= 11 is 0. The van der Waals surface area contributed by atoms with Crippen molar-refractivity contribution in [3.8, 4) is 0 Å². The molecule has 6 heavy (non-hydrogen) atoms. The SMILES string of the molecule is C1=NCCC1.O. The van der Waals surface area contributed by atoms with Gasteiger partial charge in [0.1, 0.15) is 0 Å². The van der Waals surface area contributed by atoms with Crippen LogP contribution in [0.1, 0.15) is 12.8 Å². The van der Waals surface area contributed by atoms with Gasteiger partial charge < -0.3 is 5.48 Å². The molecule has 0 aromatic heterocycles. The molecule has 0 aliphatic carbocycles. The molecule has 2 nitrogen and oxygen atoms in total. The van der Waals surface area contributed by atoms with E-state index in [-0.39, 0.29) is 5.48 Å². The summed E-state index contributed by atoms with van der Waals surface area (Å²) in [6.45, 7) is 1.07. The van der Waals surface area contributed by atoms with Crippen molar-refractivity contribution in [2.45, 2.75) is 12.8 Å². The highest BCUT2D eigenvalue weighted by Crippen LogP contribution is 1.92. The number of hydrogen-bond donors (Lipinski definition) is 0. The summed E-state index contributed by atoms with van der Waals surface area (Å²) in [7, 11) is 0. The van der Waals surface area contributed by atoms with E-state index >= 15 is 0 Å². The molecule has 0 bridgehead atoms. The monoisotopic (exact) mass is 87.1 g/mol. The van der Waals surface area contributed by atoms with Gasteiger partial charge in [0, 0.05) is 6.54 Å². The van der Waals surface area contributed by atoms with Crippen LogP contribution in [-0.2, 0) is 0 Å². The predicted octanol–water partition coefficient (Wildman–Crippen LogP) is 0.0263. The van der Waals surface area contributed by atoms with Crippen LogP contribution in [0.15, 0.2) is 4.99 Å². The van der Waals surface area contributed by atoms with Crippen molar-refractivity contribution >= 4 is 6.21 Å². The standard InChI is InChI=1S/C4H7N.H2O/c1-2-4-5-3-1;/h3H,1-2,4H2;1H2. The fourth-order valence-corrected chi connectivity index (χ4v) is 0.456. The number of nitrogens with zero attached hydrogens (tertiary/aromatic N) is 1. The summed E-state index contributed by atoms with van der Waals surface area (Å²) < 4.78 is 0. The normalized spacial score (nSPS) is 17.3. The molecule has 0 unspecified atom stereocenters. The molecule has 0 radical (unpaired) electrons. The topological polar surface area (TPSA) is 43.9 Å². The van der Waals surface area contributed by atoms with E-state index in [1.54, 1.807) is 0 Å². The molecule has 0 aromatic rings. The van der Waals surface area contributed by atoms with Crippen LogP contribution in [0.5, 0.6) is 0 Å². The van der Waals surface area contributed by atoms with E-state index in [2.05, 4.69) is 4.99 Å². The third-order valence-corrected chi connectivity index (χ3v) is 0.750. The Kier molecular flexibility index (Phi) is 2.67. The third kappa shape index (κ3) is 1.17. The molecule has 0 saturated heterocycles. The minimum Gasteiger partial charge on any atom is -0.412 e. The molecule has 0 amide bonds. The van der Waals surface area contributed by atoms with Crippen molar-refractivity contribution in [3.05, 3.63) is 0 Å². The lowest BCUT2D eigenvalue weighted by molar-refractivity contribution is 0.824. The van der Waals surface area contributed by atoms with Crippen LogP contribution in [0.25, 0.3) is 0 Å². The van der Waals surface area contributed by atoms with Crippen molar-refractivity contribution in [1.82, 2.24) is 0 Å². The van der Waals surface area contributed by atoms with E-state index in [9.17, 15) is 0 Å². The molecule has 0 atom stereocenters. The van der Waals surface area contributed by atoms with Crippen molar-refractivity contribution in [2.75, 3.05) is 6.54 Å². The first kappa shape index (κ1) is 5.63. The summed E-state index contributed by atoms with van der Waals surface area (Å²) in [5.74, 6) is 0. The molecule has 1 aliphatic heterocycles. The maximum absolute atomic E-state index is 3.96. The van der Waals surface area contributed by atoms with Crippen molar-refractivity contribution in [1.29, 1.82) is 0 Å². The van der Waals surface area contributed by atoms with Crippen LogP contribution in [0.2, 0.25) is 0 Å². The van der Waals surface area contributed by atoms with Gasteiger partial charge in [0.2, 0.25) is 0 Å². The van der Waals surface area contributed by atoms with Crippen LogP contribution < -0.4 is 0 Å². The van der Waals surface area contributed by atoms with E-state index in [1.165, 1.54) is 12.8 Å². The van der Waals surface area contributed by atoms with Gasteiger partial charge in [-0.15, -0.1) is 0 Å². The van der Waals surface area contributed by atoms with E-state index in [0.29, 0.717) is 0 Å². The van der Waals surface area contributed by atoms with Gasteiger partial charge in [0.05, 0.1) is 0 Å². The van der Waals surface area contributed by atoms with Crippen LogP contribution >= 0.6 is 0 Å². The quantitative estimate of drug-likeness (QED) is 0.400. The van der Waals surface area contributed by atoms with E-state index < -0.39 is 0 Å². The Balaban J connectivity index is 0.000000250. The Labute approximate surface area is 37.2 Å². The van der Waals surface area contributed by atoms with Gasteiger partial charge >= 0.3 is 0 Å². The van der Waals surface area contributed by atoms with Crippen LogP contribution in [0, 0.1) is 0 Å². The lowest BCUT2D eigenvalue weighted by Gasteiger charge is -1.67. The first-order valence-corrected chi connectivity index (χ1v) is 1.98. The molecule has 1 rings (SSSR count). The Hall–Kier alpha value is -0.370. The summed E-state index contributed by atoms with van der Waals surface area (Å²) in [6, 6.07) is 0. The molecule has 2 N–H and O–H groups in total. The van der Waals surface area contributed by atoms with Crippen LogP contribution in [0.3, 0.4) is 0 Å². The Morgan fingerprint density at radius 3 is 2.50 bits per heavy atom. The van der Waals surface area contributed by atoms with E-state index in [4.69, 9.17) is 0 Å². The van der Waals surface area contributed by atoms with Gasteiger partial charge in [-0.2, -0.15) is 0 Å². The Morgan fingerprint density at radius 1 is 1.50 bits per heavy atom. The van der Waals surface area contributed by atoms with Gasteiger partial charge in [-0.25, -0.2) is 0 Å². The van der Waals surface area contributed by atoms with Crippen molar-refractivity contribution in [3.63, 3.8) is 0 Å². The molecule has 0 aromatic carbocycles. The van der Waals surface area contributed by atoms with Crippen molar-refractivity contribution < 1.29 is 5.48 Å². The zero-order valence-electron chi connectivity index (χ0n) is 3.65. The third-order valence-electron chi connectivity index (χ3n) is 0.750. The summed E-state index contributed by atoms with van der Waals surface area (Å²) in [5, 5.41) is 0. The lowest BCUT2D eigenvalue weighted by Crippen LogP contribution is -1.62. The average Bonchev–Trinajstić information content (AvgIpc) is 1.76. The maximum atomic E-state index is 3.96. The fraction of sp³-hybridized carbons (Fsp3) is 0.750. The molecular formula is C4H9NO. The lowest BCUT2D eigenvalue weighted by atomic mass is 10.4. The van der Waals surface area contributed by atoms with Gasteiger partial charge in [-0.1, -0.05) is 0 Å². The predicted molar refractivity (Wildman–Crippen MR) is 26.2 cm³/mol. The zero-order chi connectivity index (χ0) is 3.54. The minimum absolute atomic E-state index is 0. The highest BCUT2D eigenvalue weighted by molar-refractivity contribution is 5.58. The second-order valence-electron chi connectivity index (χ2n) is 1.23. The molecule has 0 spiro atoms. The van der Waals surface area contributed by atoms with Gasteiger partial charge in [-0.3, -0.25) is 4.99 Å². The molecular weight excluding hydrogens is 78.0 g/mol. The van der Waals surface area contributed by atoms with Crippen LogP contribution in [0.4, 0.5) is 0 Å². The number of rotatable bonds is 0. The first-order valence-electron chi connectivity index (χ1n) is 1.98. The molecule has 2 heteroatoms. The summed E-state index contributed by atoms with van der Waals surface area (Å²) in [5.41, 5.74) is 0.